The predicted molar refractivity (Wildman–Crippen MR) is 72.9 cm³/mol. The lowest BCUT2D eigenvalue weighted by atomic mass is 10.1. The SMILES string of the molecule is CC(C)CCn1c(=O)oc(=O)c2cccc([N+](=O)[O-])c21. The minimum Gasteiger partial charge on any atom is -0.372 e. The van der Waals surface area contributed by atoms with E-state index in [-0.39, 0.29) is 23.1 Å². The summed E-state index contributed by atoms with van der Waals surface area (Å²) in [5.74, 6) is -0.552. The number of nitro benzene ring substituents is 1. The van der Waals surface area contributed by atoms with Gasteiger partial charge in [-0.15, -0.1) is 0 Å². The molecule has 0 bridgehead atoms. The number of fused-ring (bicyclic) bond motifs is 1. The highest BCUT2D eigenvalue weighted by atomic mass is 16.6. The summed E-state index contributed by atoms with van der Waals surface area (Å²) < 4.78 is 5.78. The maximum atomic E-state index is 11.8. The molecule has 0 atom stereocenters. The van der Waals surface area contributed by atoms with Crippen LogP contribution in [-0.2, 0) is 6.54 Å². The van der Waals surface area contributed by atoms with E-state index in [9.17, 15) is 19.7 Å². The predicted octanol–water partition coefficient (Wildman–Crippen LogP) is 1.91. The first-order valence-corrected chi connectivity index (χ1v) is 6.23. The van der Waals surface area contributed by atoms with Crippen LogP contribution in [0.2, 0.25) is 0 Å². The van der Waals surface area contributed by atoms with Crippen molar-refractivity contribution in [3.8, 4) is 0 Å². The van der Waals surface area contributed by atoms with E-state index in [4.69, 9.17) is 0 Å². The van der Waals surface area contributed by atoms with Gasteiger partial charge >= 0.3 is 11.4 Å². The molecule has 2 aromatic rings. The van der Waals surface area contributed by atoms with Gasteiger partial charge in [0.25, 0.3) is 5.69 Å². The summed E-state index contributed by atoms with van der Waals surface area (Å²) in [6.45, 7) is 4.21. The van der Waals surface area contributed by atoms with Crippen LogP contribution in [0.3, 0.4) is 0 Å². The fourth-order valence-electron chi connectivity index (χ4n) is 2.00. The van der Waals surface area contributed by atoms with E-state index in [1.165, 1.54) is 18.2 Å². The normalized spacial score (nSPS) is 11.2. The molecule has 0 aliphatic carbocycles. The monoisotopic (exact) mass is 278 g/mol. The number of rotatable bonds is 4. The largest absolute Gasteiger partial charge is 0.422 e. The second-order valence-electron chi connectivity index (χ2n) is 4.92. The zero-order chi connectivity index (χ0) is 14.9. The van der Waals surface area contributed by atoms with Crippen molar-refractivity contribution >= 4 is 16.6 Å². The minimum atomic E-state index is -0.863. The third-order valence-electron chi connectivity index (χ3n) is 3.03. The van der Waals surface area contributed by atoms with Gasteiger partial charge in [-0.05, 0) is 18.4 Å². The molecule has 0 saturated carbocycles. The number of hydrogen-bond donors (Lipinski definition) is 0. The number of hydrogen-bond acceptors (Lipinski definition) is 5. The van der Waals surface area contributed by atoms with Crippen molar-refractivity contribution in [3.05, 3.63) is 49.3 Å². The summed E-state index contributed by atoms with van der Waals surface area (Å²) in [6.07, 6.45) is 0.648. The Balaban J connectivity index is 2.81. The Morgan fingerprint density at radius 1 is 1.35 bits per heavy atom. The molecule has 0 saturated heterocycles. The average Bonchev–Trinajstić information content (AvgIpc) is 2.37. The third-order valence-corrected chi connectivity index (χ3v) is 3.03. The number of nitro groups is 1. The summed E-state index contributed by atoms with van der Waals surface area (Å²) >= 11 is 0. The summed E-state index contributed by atoms with van der Waals surface area (Å²) in [6, 6.07) is 4.08. The van der Waals surface area contributed by atoms with Crippen molar-refractivity contribution in [1.29, 1.82) is 0 Å². The van der Waals surface area contributed by atoms with E-state index in [2.05, 4.69) is 4.42 Å². The number of aryl methyl sites for hydroxylation is 1. The van der Waals surface area contributed by atoms with Gasteiger partial charge in [-0.25, -0.2) is 9.59 Å². The van der Waals surface area contributed by atoms with Crippen molar-refractivity contribution in [2.24, 2.45) is 5.92 Å². The van der Waals surface area contributed by atoms with E-state index >= 15 is 0 Å². The Hall–Kier alpha value is -2.44. The van der Waals surface area contributed by atoms with Gasteiger partial charge in [0.1, 0.15) is 5.52 Å². The van der Waals surface area contributed by atoms with Gasteiger partial charge in [-0.2, -0.15) is 0 Å². The number of aromatic nitrogens is 1. The second kappa shape index (κ2) is 5.28. The van der Waals surface area contributed by atoms with Crippen molar-refractivity contribution in [2.45, 2.75) is 26.8 Å². The molecule has 1 aromatic heterocycles. The zero-order valence-electron chi connectivity index (χ0n) is 11.2. The summed E-state index contributed by atoms with van der Waals surface area (Å²) in [5, 5.41) is 11.1. The van der Waals surface area contributed by atoms with Gasteiger partial charge in [0, 0.05) is 12.6 Å². The Morgan fingerprint density at radius 2 is 2.05 bits per heavy atom. The van der Waals surface area contributed by atoms with Crippen molar-refractivity contribution in [1.82, 2.24) is 4.57 Å². The lowest BCUT2D eigenvalue weighted by molar-refractivity contribution is -0.383. The lowest BCUT2D eigenvalue weighted by Gasteiger charge is -2.10. The van der Waals surface area contributed by atoms with Gasteiger partial charge in [0.05, 0.1) is 10.3 Å². The van der Waals surface area contributed by atoms with Crippen LogP contribution in [0.1, 0.15) is 20.3 Å². The molecule has 7 heteroatoms. The molecule has 0 spiro atoms. The maximum absolute atomic E-state index is 11.8. The molecule has 106 valence electrons. The topological polar surface area (TPSA) is 95.3 Å². The highest BCUT2D eigenvalue weighted by Crippen LogP contribution is 2.22. The molecule has 0 N–H and O–H groups in total. The van der Waals surface area contributed by atoms with E-state index in [1.54, 1.807) is 0 Å². The van der Waals surface area contributed by atoms with E-state index in [0.717, 1.165) is 4.57 Å². The van der Waals surface area contributed by atoms with Crippen LogP contribution < -0.4 is 11.4 Å². The first-order valence-electron chi connectivity index (χ1n) is 6.23. The summed E-state index contributed by atoms with van der Waals surface area (Å²) in [4.78, 5) is 34.0. The molecule has 0 aliphatic rings. The third kappa shape index (κ3) is 2.47. The summed E-state index contributed by atoms with van der Waals surface area (Å²) in [7, 11) is 0. The highest BCUT2D eigenvalue weighted by Gasteiger charge is 2.19. The van der Waals surface area contributed by atoms with Gasteiger partial charge in [-0.1, -0.05) is 19.9 Å². The zero-order valence-corrected chi connectivity index (χ0v) is 11.2. The van der Waals surface area contributed by atoms with Crippen molar-refractivity contribution < 1.29 is 9.34 Å². The highest BCUT2D eigenvalue weighted by molar-refractivity contribution is 5.86. The molecule has 7 nitrogen and oxygen atoms in total. The Bertz CT molecular complexity index is 772. The first-order chi connectivity index (χ1) is 9.41. The molecule has 1 aromatic carbocycles. The fourth-order valence-corrected chi connectivity index (χ4v) is 2.00. The summed E-state index contributed by atoms with van der Waals surface area (Å²) in [5.41, 5.74) is -1.09. The Kier molecular flexibility index (Phi) is 3.69. The van der Waals surface area contributed by atoms with Gasteiger partial charge in [0.15, 0.2) is 0 Å². The van der Waals surface area contributed by atoms with E-state index in [0.29, 0.717) is 12.3 Å². The molecule has 1 heterocycles. The molecular weight excluding hydrogens is 264 g/mol. The van der Waals surface area contributed by atoms with Crippen LogP contribution in [0.5, 0.6) is 0 Å². The van der Waals surface area contributed by atoms with Crippen LogP contribution in [0.25, 0.3) is 10.9 Å². The molecule has 0 amide bonds. The lowest BCUT2D eigenvalue weighted by Crippen LogP contribution is -2.26. The Morgan fingerprint density at radius 3 is 2.65 bits per heavy atom. The van der Waals surface area contributed by atoms with Gasteiger partial charge in [-0.3, -0.25) is 14.7 Å². The van der Waals surface area contributed by atoms with Crippen LogP contribution in [0.15, 0.2) is 32.2 Å². The fraction of sp³-hybridized carbons (Fsp3) is 0.385. The molecule has 20 heavy (non-hydrogen) atoms. The maximum Gasteiger partial charge on any atom is 0.422 e. The van der Waals surface area contributed by atoms with Crippen LogP contribution >= 0.6 is 0 Å². The number of nitrogens with zero attached hydrogens (tertiary/aromatic N) is 2. The van der Waals surface area contributed by atoms with Crippen molar-refractivity contribution in [2.75, 3.05) is 0 Å². The van der Waals surface area contributed by atoms with Crippen LogP contribution in [0, 0.1) is 16.0 Å². The first kappa shape index (κ1) is 14.0. The molecule has 0 aliphatic heterocycles. The smallest absolute Gasteiger partial charge is 0.372 e. The Labute approximate surface area is 113 Å². The van der Waals surface area contributed by atoms with E-state index < -0.39 is 16.3 Å². The molecule has 0 fully saturated rings. The van der Waals surface area contributed by atoms with E-state index in [1.807, 2.05) is 13.8 Å². The molecule has 0 radical (unpaired) electrons. The number of non-ortho nitro benzene ring substituents is 1. The average molecular weight is 278 g/mol. The quantitative estimate of drug-likeness (QED) is 0.628. The second-order valence-corrected chi connectivity index (χ2v) is 4.92. The molecule has 0 unspecified atom stereocenters. The minimum absolute atomic E-state index is 0.0272. The number of para-hydroxylation sites is 1. The van der Waals surface area contributed by atoms with Crippen LogP contribution in [-0.4, -0.2) is 9.49 Å². The van der Waals surface area contributed by atoms with Gasteiger partial charge < -0.3 is 4.42 Å². The van der Waals surface area contributed by atoms with Crippen molar-refractivity contribution in [3.63, 3.8) is 0 Å². The molecular formula is C13H14N2O5. The van der Waals surface area contributed by atoms with Gasteiger partial charge in [0.2, 0.25) is 0 Å². The van der Waals surface area contributed by atoms with Crippen LogP contribution in [0.4, 0.5) is 5.69 Å². The standard InChI is InChI=1S/C13H14N2O5/c1-8(2)6-7-14-11-9(12(16)20-13(14)17)4-3-5-10(11)15(18)19/h3-5,8H,6-7H2,1-2H3. The number of benzene rings is 1. The molecule has 2 rings (SSSR count).